The van der Waals surface area contributed by atoms with Crippen molar-refractivity contribution in [2.75, 3.05) is 5.32 Å². The topological polar surface area (TPSA) is 60.5 Å². The van der Waals surface area contributed by atoms with Crippen LogP contribution in [0.25, 0.3) is 0 Å². The molecular formula is C13H18BClN2O3. The van der Waals surface area contributed by atoms with Gasteiger partial charge in [0.2, 0.25) is 5.91 Å². The minimum Gasteiger partial charge on any atom is -0.399 e. The maximum absolute atomic E-state index is 11.1. The largest absolute Gasteiger partial charge is 0.496 e. The normalized spacial score (nSPS) is 20.0. The summed E-state index contributed by atoms with van der Waals surface area (Å²) in [6, 6.07) is 1.72. The standard InChI is InChI=1S/C13H18BClN2O3/c1-8(18)17-10-6-9(7-16-11(10)15)14-19-12(2,3)13(4,5)20-14/h6-7H,1-5H3,(H,17,18). The lowest BCUT2D eigenvalue weighted by Crippen LogP contribution is -2.41. The second kappa shape index (κ2) is 5.02. The van der Waals surface area contributed by atoms with E-state index in [0.717, 1.165) is 5.46 Å². The number of rotatable bonds is 2. The molecule has 5 nitrogen and oxygen atoms in total. The fourth-order valence-electron chi connectivity index (χ4n) is 1.85. The fraction of sp³-hybridized carbons (Fsp3) is 0.538. The molecule has 0 spiro atoms. The van der Waals surface area contributed by atoms with E-state index in [2.05, 4.69) is 10.3 Å². The molecule has 20 heavy (non-hydrogen) atoms. The predicted octanol–water partition coefficient (Wildman–Crippen LogP) is 1.99. The van der Waals surface area contributed by atoms with Crippen molar-refractivity contribution >= 4 is 35.8 Å². The van der Waals surface area contributed by atoms with Crippen molar-refractivity contribution in [2.24, 2.45) is 0 Å². The van der Waals surface area contributed by atoms with Gasteiger partial charge in [0, 0.05) is 18.6 Å². The molecule has 0 aromatic carbocycles. The van der Waals surface area contributed by atoms with Crippen LogP contribution in [-0.4, -0.2) is 29.2 Å². The van der Waals surface area contributed by atoms with Gasteiger partial charge < -0.3 is 14.6 Å². The van der Waals surface area contributed by atoms with Crippen molar-refractivity contribution < 1.29 is 14.1 Å². The summed E-state index contributed by atoms with van der Waals surface area (Å²) in [4.78, 5) is 15.2. The molecule has 2 heterocycles. The van der Waals surface area contributed by atoms with Gasteiger partial charge in [-0.05, 0) is 33.8 Å². The lowest BCUT2D eigenvalue weighted by atomic mass is 9.80. The third kappa shape index (κ3) is 2.82. The maximum atomic E-state index is 11.1. The molecule has 0 bridgehead atoms. The average molecular weight is 297 g/mol. The zero-order chi connectivity index (χ0) is 15.1. The number of carbonyl (C=O) groups is 1. The van der Waals surface area contributed by atoms with E-state index >= 15 is 0 Å². The number of hydrogen-bond acceptors (Lipinski definition) is 4. The van der Waals surface area contributed by atoms with Crippen LogP contribution in [0.3, 0.4) is 0 Å². The quantitative estimate of drug-likeness (QED) is 0.670. The van der Waals surface area contributed by atoms with Crippen molar-refractivity contribution in [1.29, 1.82) is 0 Å². The molecule has 0 saturated carbocycles. The Labute approximate surface area is 124 Å². The molecule has 1 aromatic rings. The van der Waals surface area contributed by atoms with Gasteiger partial charge in [-0.3, -0.25) is 4.79 Å². The number of nitrogens with one attached hydrogen (secondary N) is 1. The first-order chi connectivity index (χ1) is 9.12. The molecule has 1 fully saturated rings. The summed E-state index contributed by atoms with van der Waals surface area (Å²) >= 11 is 5.95. The minimum atomic E-state index is -0.530. The van der Waals surface area contributed by atoms with Gasteiger partial charge in [0.25, 0.3) is 0 Å². The summed E-state index contributed by atoms with van der Waals surface area (Å²) in [6.07, 6.45) is 1.59. The number of carbonyl (C=O) groups excluding carboxylic acids is 1. The van der Waals surface area contributed by atoms with E-state index in [-0.39, 0.29) is 11.1 Å². The Kier molecular flexibility index (Phi) is 3.84. The molecule has 1 saturated heterocycles. The molecule has 1 aromatic heterocycles. The van der Waals surface area contributed by atoms with Crippen molar-refractivity contribution in [3.63, 3.8) is 0 Å². The van der Waals surface area contributed by atoms with Crippen LogP contribution >= 0.6 is 11.6 Å². The van der Waals surface area contributed by atoms with Crippen LogP contribution in [0, 0.1) is 0 Å². The molecule has 0 radical (unpaired) electrons. The molecule has 1 N–H and O–H groups in total. The second-order valence-corrected chi connectivity index (χ2v) is 6.23. The highest BCUT2D eigenvalue weighted by Gasteiger charge is 2.51. The molecule has 0 unspecified atom stereocenters. The van der Waals surface area contributed by atoms with Gasteiger partial charge in [0.05, 0.1) is 16.9 Å². The van der Waals surface area contributed by atoms with Gasteiger partial charge in [0.1, 0.15) is 0 Å². The minimum absolute atomic E-state index is 0.209. The fourth-order valence-corrected chi connectivity index (χ4v) is 2.00. The van der Waals surface area contributed by atoms with Crippen molar-refractivity contribution in [1.82, 2.24) is 4.98 Å². The highest BCUT2D eigenvalue weighted by atomic mass is 35.5. The maximum Gasteiger partial charge on any atom is 0.496 e. The van der Waals surface area contributed by atoms with Gasteiger partial charge in [-0.1, -0.05) is 11.6 Å². The highest BCUT2D eigenvalue weighted by molar-refractivity contribution is 6.62. The van der Waals surface area contributed by atoms with E-state index in [4.69, 9.17) is 20.9 Å². The van der Waals surface area contributed by atoms with E-state index in [1.165, 1.54) is 6.92 Å². The van der Waals surface area contributed by atoms with Gasteiger partial charge in [0.15, 0.2) is 5.15 Å². The number of nitrogens with zero attached hydrogens (tertiary/aromatic N) is 1. The van der Waals surface area contributed by atoms with Crippen molar-refractivity contribution in [3.8, 4) is 0 Å². The number of aromatic nitrogens is 1. The van der Waals surface area contributed by atoms with Crippen LogP contribution in [0.5, 0.6) is 0 Å². The third-order valence-corrected chi connectivity index (χ3v) is 4.00. The monoisotopic (exact) mass is 296 g/mol. The van der Waals surface area contributed by atoms with E-state index < -0.39 is 18.3 Å². The molecule has 0 aliphatic carbocycles. The molecule has 1 aliphatic rings. The zero-order valence-corrected chi connectivity index (χ0v) is 13.0. The first-order valence-corrected chi connectivity index (χ1v) is 6.79. The van der Waals surface area contributed by atoms with Crippen LogP contribution in [-0.2, 0) is 14.1 Å². The van der Waals surface area contributed by atoms with Crippen molar-refractivity contribution in [3.05, 3.63) is 17.4 Å². The summed E-state index contributed by atoms with van der Waals surface area (Å²) < 4.78 is 11.9. The van der Waals surface area contributed by atoms with Gasteiger partial charge >= 0.3 is 7.12 Å². The second-order valence-electron chi connectivity index (χ2n) is 5.88. The first-order valence-electron chi connectivity index (χ1n) is 6.41. The van der Waals surface area contributed by atoms with E-state index in [1.54, 1.807) is 12.3 Å². The Bertz CT molecular complexity index is 532. The van der Waals surface area contributed by atoms with Gasteiger partial charge in [-0.2, -0.15) is 0 Å². The van der Waals surface area contributed by atoms with E-state index in [1.807, 2.05) is 27.7 Å². The Morgan fingerprint density at radius 2 is 1.85 bits per heavy atom. The van der Waals surface area contributed by atoms with Gasteiger partial charge in [-0.25, -0.2) is 4.98 Å². The lowest BCUT2D eigenvalue weighted by molar-refractivity contribution is -0.114. The summed E-state index contributed by atoms with van der Waals surface area (Å²) in [5, 5.41) is 2.87. The Hall–Kier alpha value is -1.11. The number of pyridine rings is 1. The number of halogens is 1. The summed E-state index contributed by atoms with van der Waals surface area (Å²) in [7, 11) is -0.530. The molecule has 7 heteroatoms. The molecule has 1 aliphatic heterocycles. The van der Waals surface area contributed by atoms with Crippen LogP contribution in [0.15, 0.2) is 12.3 Å². The van der Waals surface area contributed by atoms with Crippen LogP contribution < -0.4 is 10.8 Å². The first kappa shape index (κ1) is 15.3. The molecule has 0 atom stereocenters. The Morgan fingerprint density at radius 1 is 1.30 bits per heavy atom. The van der Waals surface area contributed by atoms with Crippen LogP contribution in [0.2, 0.25) is 5.15 Å². The molecule has 1 amide bonds. The Morgan fingerprint density at radius 3 is 2.35 bits per heavy atom. The van der Waals surface area contributed by atoms with Crippen molar-refractivity contribution in [2.45, 2.75) is 45.8 Å². The van der Waals surface area contributed by atoms with E-state index in [9.17, 15) is 4.79 Å². The SMILES string of the molecule is CC(=O)Nc1cc(B2OC(C)(C)C(C)(C)O2)cnc1Cl. The summed E-state index contributed by atoms with van der Waals surface area (Å²) in [5.41, 5.74) is 0.319. The number of hydrogen-bond donors (Lipinski definition) is 1. The number of amides is 1. The Balaban J connectivity index is 2.29. The predicted molar refractivity (Wildman–Crippen MR) is 79.3 cm³/mol. The van der Waals surface area contributed by atoms with Crippen LogP contribution in [0.4, 0.5) is 5.69 Å². The zero-order valence-electron chi connectivity index (χ0n) is 12.3. The molecular weight excluding hydrogens is 278 g/mol. The average Bonchev–Trinajstić information content (AvgIpc) is 2.50. The third-order valence-electron chi connectivity index (χ3n) is 3.70. The summed E-state index contributed by atoms with van der Waals surface area (Å²) in [5.74, 6) is -0.209. The molecule has 2 rings (SSSR count). The number of anilines is 1. The van der Waals surface area contributed by atoms with E-state index in [0.29, 0.717) is 5.69 Å². The van der Waals surface area contributed by atoms with Crippen LogP contribution in [0.1, 0.15) is 34.6 Å². The lowest BCUT2D eigenvalue weighted by Gasteiger charge is -2.32. The summed E-state index contributed by atoms with van der Waals surface area (Å²) in [6.45, 7) is 9.32. The van der Waals surface area contributed by atoms with Gasteiger partial charge in [-0.15, -0.1) is 0 Å². The highest BCUT2D eigenvalue weighted by Crippen LogP contribution is 2.36. The smallest absolute Gasteiger partial charge is 0.399 e. The molecule has 108 valence electrons.